The molecule has 0 bridgehead atoms. The zero-order valence-corrected chi connectivity index (χ0v) is 13.9. The predicted molar refractivity (Wildman–Crippen MR) is 95.0 cm³/mol. The lowest BCUT2D eigenvalue weighted by Crippen LogP contribution is -2.40. The maximum atomic E-state index is 12.5. The third-order valence-electron chi connectivity index (χ3n) is 5.59. The summed E-state index contributed by atoms with van der Waals surface area (Å²) in [5, 5.41) is 0. The number of amides is 1. The summed E-state index contributed by atoms with van der Waals surface area (Å²) in [4.78, 5) is 19.4. The Labute approximate surface area is 142 Å². The van der Waals surface area contributed by atoms with Crippen LogP contribution < -0.4 is 10.6 Å². The highest BCUT2D eigenvalue weighted by molar-refractivity contribution is 5.92. The van der Waals surface area contributed by atoms with E-state index in [2.05, 4.69) is 16.0 Å². The van der Waals surface area contributed by atoms with Crippen LogP contribution in [0.4, 0.5) is 5.82 Å². The summed E-state index contributed by atoms with van der Waals surface area (Å²) >= 11 is 0. The highest BCUT2D eigenvalue weighted by Gasteiger charge is 2.45. The second kappa shape index (κ2) is 5.93. The highest BCUT2D eigenvalue weighted by Crippen LogP contribution is 2.44. The molecule has 2 heterocycles. The van der Waals surface area contributed by atoms with Crippen molar-refractivity contribution in [2.75, 3.05) is 18.0 Å². The molecule has 0 spiro atoms. The van der Waals surface area contributed by atoms with Gasteiger partial charge in [0.15, 0.2) is 0 Å². The van der Waals surface area contributed by atoms with E-state index in [1.54, 1.807) is 0 Å². The average molecular weight is 321 g/mol. The molecule has 1 amide bonds. The summed E-state index contributed by atoms with van der Waals surface area (Å²) in [6.45, 7) is 2.13. The number of fused-ring (bicyclic) bond motifs is 1. The van der Waals surface area contributed by atoms with Crippen LogP contribution in [0.15, 0.2) is 42.6 Å². The molecule has 2 aromatic rings. The number of nitrogens with two attached hydrogens (primary N) is 1. The molecule has 24 heavy (non-hydrogen) atoms. The maximum absolute atomic E-state index is 12.5. The van der Waals surface area contributed by atoms with E-state index in [0.29, 0.717) is 0 Å². The molecule has 1 atom stereocenters. The SMILES string of the molecule is NC(=O)C1(c2ccc(N3CCCCC3)nc2)CCc2ccccc21. The molecular weight excluding hydrogens is 298 g/mol. The number of benzene rings is 1. The molecule has 1 fully saturated rings. The molecule has 1 unspecified atom stereocenters. The largest absolute Gasteiger partial charge is 0.369 e. The standard InChI is InChI=1S/C20H23N3O/c21-19(24)20(11-10-15-6-2-3-7-17(15)20)16-8-9-18(22-14-16)23-12-4-1-5-13-23/h2-3,6-9,14H,1,4-5,10-13H2,(H2,21,24). The number of anilines is 1. The number of pyridine rings is 1. The highest BCUT2D eigenvalue weighted by atomic mass is 16.1. The van der Waals surface area contributed by atoms with Gasteiger partial charge in [-0.2, -0.15) is 0 Å². The number of aryl methyl sites for hydroxylation is 1. The summed E-state index contributed by atoms with van der Waals surface area (Å²) in [5.74, 6) is 0.726. The molecule has 4 nitrogen and oxygen atoms in total. The Morgan fingerprint density at radius 2 is 1.88 bits per heavy atom. The van der Waals surface area contributed by atoms with Crippen molar-refractivity contribution in [2.24, 2.45) is 5.73 Å². The normalized spacial score (nSPS) is 23.1. The van der Waals surface area contributed by atoms with Gasteiger partial charge < -0.3 is 10.6 Å². The van der Waals surface area contributed by atoms with E-state index in [-0.39, 0.29) is 5.91 Å². The van der Waals surface area contributed by atoms with Gasteiger partial charge in [-0.15, -0.1) is 0 Å². The smallest absolute Gasteiger partial charge is 0.232 e. The summed E-state index contributed by atoms with van der Waals surface area (Å²) in [6.07, 6.45) is 7.22. The fourth-order valence-electron chi connectivity index (χ4n) is 4.26. The van der Waals surface area contributed by atoms with Crippen molar-refractivity contribution in [3.8, 4) is 0 Å². The van der Waals surface area contributed by atoms with Crippen LogP contribution >= 0.6 is 0 Å². The second-order valence-corrected chi connectivity index (χ2v) is 6.88. The molecule has 1 aliphatic heterocycles. The average Bonchev–Trinajstić information content (AvgIpc) is 3.03. The van der Waals surface area contributed by atoms with Crippen LogP contribution in [-0.2, 0) is 16.6 Å². The minimum absolute atomic E-state index is 0.278. The van der Waals surface area contributed by atoms with Crippen molar-refractivity contribution in [1.29, 1.82) is 0 Å². The zero-order valence-electron chi connectivity index (χ0n) is 13.9. The predicted octanol–water partition coefficient (Wildman–Crippen LogP) is 2.79. The Bertz CT molecular complexity index is 750. The molecule has 4 rings (SSSR count). The van der Waals surface area contributed by atoms with Gasteiger partial charge in [0.25, 0.3) is 0 Å². The zero-order chi connectivity index (χ0) is 16.6. The van der Waals surface area contributed by atoms with E-state index >= 15 is 0 Å². The Morgan fingerprint density at radius 1 is 1.08 bits per heavy atom. The first-order valence-electron chi connectivity index (χ1n) is 8.81. The van der Waals surface area contributed by atoms with E-state index in [4.69, 9.17) is 5.73 Å². The molecule has 1 aromatic heterocycles. The third-order valence-corrected chi connectivity index (χ3v) is 5.59. The van der Waals surface area contributed by atoms with Gasteiger partial charge in [0.1, 0.15) is 11.2 Å². The van der Waals surface area contributed by atoms with Crippen molar-refractivity contribution < 1.29 is 4.79 Å². The van der Waals surface area contributed by atoms with Crippen molar-refractivity contribution >= 4 is 11.7 Å². The van der Waals surface area contributed by atoms with E-state index in [0.717, 1.165) is 42.9 Å². The number of nitrogens with zero attached hydrogens (tertiary/aromatic N) is 2. The second-order valence-electron chi connectivity index (χ2n) is 6.88. The molecule has 124 valence electrons. The Morgan fingerprint density at radius 3 is 2.58 bits per heavy atom. The molecule has 0 radical (unpaired) electrons. The lowest BCUT2D eigenvalue weighted by Gasteiger charge is -2.30. The fraction of sp³-hybridized carbons (Fsp3) is 0.400. The van der Waals surface area contributed by atoms with Crippen LogP contribution in [0.2, 0.25) is 0 Å². The summed E-state index contributed by atoms with van der Waals surface area (Å²) in [7, 11) is 0. The number of hydrogen-bond donors (Lipinski definition) is 1. The van der Waals surface area contributed by atoms with Gasteiger partial charge in [-0.25, -0.2) is 4.98 Å². The van der Waals surface area contributed by atoms with Gasteiger partial charge >= 0.3 is 0 Å². The molecule has 1 aromatic carbocycles. The van der Waals surface area contributed by atoms with Crippen LogP contribution in [0.3, 0.4) is 0 Å². The van der Waals surface area contributed by atoms with E-state index < -0.39 is 5.41 Å². The molecule has 2 aliphatic rings. The van der Waals surface area contributed by atoms with E-state index in [1.807, 2.05) is 36.5 Å². The number of aromatic nitrogens is 1. The minimum Gasteiger partial charge on any atom is -0.369 e. The molecule has 2 N–H and O–H groups in total. The number of rotatable bonds is 3. The first-order chi connectivity index (χ1) is 11.7. The topological polar surface area (TPSA) is 59.2 Å². The lowest BCUT2D eigenvalue weighted by atomic mass is 9.75. The van der Waals surface area contributed by atoms with Crippen molar-refractivity contribution in [3.05, 3.63) is 59.3 Å². The van der Waals surface area contributed by atoms with E-state index in [1.165, 1.54) is 24.8 Å². The van der Waals surface area contributed by atoms with Gasteiger partial charge in [0.2, 0.25) is 5.91 Å². The van der Waals surface area contributed by atoms with Crippen LogP contribution in [-0.4, -0.2) is 24.0 Å². The van der Waals surface area contributed by atoms with Gasteiger partial charge in [-0.3, -0.25) is 4.79 Å². The summed E-state index contributed by atoms with van der Waals surface area (Å²) < 4.78 is 0. The van der Waals surface area contributed by atoms with Gasteiger partial charge in [-0.1, -0.05) is 30.3 Å². The van der Waals surface area contributed by atoms with Crippen LogP contribution in [0.1, 0.15) is 42.4 Å². The molecule has 4 heteroatoms. The van der Waals surface area contributed by atoms with Crippen molar-refractivity contribution in [2.45, 2.75) is 37.5 Å². The number of carbonyl (C=O) groups excluding carboxylic acids is 1. The maximum Gasteiger partial charge on any atom is 0.232 e. The molecule has 1 aliphatic carbocycles. The minimum atomic E-state index is -0.732. The van der Waals surface area contributed by atoms with Gasteiger partial charge in [0.05, 0.1) is 0 Å². The quantitative estimate of drug-likeness (QED) is 0.945. The molecule has 1 saturated heterocycles. The Balaban J connectivity index is 1.72. The first kappa shape index (κ1) is 15.2. The summed E-state index contributed by atoms with van der Waals surface area (Å²) in [5.41, 5.74) is 8.33. The van der Waals surface area contributed by atoms with E-state index in [9.17, 15) is 4.79 Å². The van der Waals surface area contributed by atoms with Crippen molar-refractivity contribution in [1.82, 2.24) is 4.98 Å². The number of primary amides is 1. The number of carbonyl (C=O) groups is 1. The molecule has 0 saturated carbocycles. The summed E-state index contributed by atoms with van der Waals surface area (Å²) in [6, 6.07) is 12.2. The number of piperidine rings is 1. The Kier molecular flexibility index (Phi) is 3.75. The van der Waals surface area contributed by atoms with Crippen LogP contribution in [0.5, 0.6) is 0 Å². The monoisotopic (exact) mass is 321 g/mol. The third kappa shape index (κ3) is 2.29. The van der Waals surface area contributed by atoms with Crippen molar-refractivity contribution in [3.63, 3.8) is 0 Å². The van der Waals surface area contributed by atoms with Crippen LogP contribution in [0.25, 0.3) is 0 Å². The van der Waals surface area contributed by atoms with Gasteiger partial charge in [0, 0.05) is 19.3 Å². The Hall–Kier alpha value is -2.36. The first-order valence-corrected chi connectivity index (χ1v) is 8.81. The van der Waals surface area contributed by atoms with Crippen LogP contribution in [0, 0.1) is 0 Å². The lowest BCUT2D eigenvalue weighted by molar-refractivity contribution is -0.122. The van der Waals surface area contributed by atoms with Gasteiger partial charge in [-0.05, 0) is 54.9 Å². The number of hydrogen-bond acceptors (Lipinski definition) is 3. The molecular formula is C20H23N3O. The fourth-order valence-corrected chi connectivity index (χ4v) is 4.26.